The monoisotopic (exact) mass is 339 g/mol. The third-order valence-electron chi connectivity index (χ3n) is 3.75. The van der Waals surface area contributed by atoms with Gasteiger partial charge in [-0.2, -0.15) is 13.2 Å². The molecule has 1 aliphatic rings. The second kappa shape index (κ2) is 6.54. The molecule has 0 aromatic heterocycles. The molecule has 1 saturated carbocycles. The topological polar surface area (TPSA) is 46.2 Å². The van der Waals surface area contributed by atoms with Crippen LogP contribution < -0.4 is 4.72 Å². The van der Waals surface area contributed by atoms with Crippen LogP contribution in [0.3, 0.4) is 0 Å². The van der Waals surface area contributed by atoms with Gasteiger partial charge in [0.05, 0.1) is 11.7 Å². The highest BCUT2D eigenvalue weighted by Crippen LogP contribution is 2.37. The minimum atomic E-state index is -4.29. The lowest BCUT2D eigenvalue weighted by atomic mass is 9.86. The van der Waals surface area contributed by atoms with Crippen molar-refractivity contribution in [3.05, 3.63) is 35.6 Å². The van der Waals surface area contributed by atoms with Crippen LogP contribution >= 0.6 is 0 Å². The average Bonchev–Trinajstić information content (AvgIpc) is 2.40. The van der Waals surface area contributed by atoms with Crippen molar-refractivity contribution in [2.45, 2.75) is 43.7 Å². The summed E-state index contributed by atoms with van der Waals surface area (Å²) in [6.45, 7) is 0. The fraction of sp³-hybridized carbons (Fsp3) is 0.571. The summed E-state index contributed by atoms with van der Waals surface area (Å²) in [7, 11) is -3.76. The Hall–Kier alpha value is -1.15. The zero-order chi connectivity index (χ0) is 16.4. The molecule has 0 saturated heterocycles. The van der Waals surface area contributed by atoms with E-state index in [1.54, 1.807) is 0 Å². The van der Waals surface area contributed by atoms with Gasteiger partial charge in [0.15, 0.2) is 0 Å². The third-order valence-corrected chi connectivity index (χ3v) is 5.16. The molecule has 1 N–H and O–H groups in total. The minimum absolute atomic E-state index is 0.0414. The number of alkyl halides is 3. The Kier molecular flexibility index (Phi) is 5.11. The minimum Gasteiger partial charge on any atom is -0.212 e. The molecule has 0 heterocycles. The summed E-state index contributed by atoms with van der Waals surface area (Å²) in [4.78, 5) is 0. The number of hydrogen-bond donors (Lipinski definition) is 1. The van der Waals surface area contributed by atoms with Gasteiger partial charge in [-0.05, 0) is 37.0 Å². The van der Waals surface area contributed by atoms with Gasteiger partial charge in [-0.3, -0.25) is 0 Å². The number of rotatable bonds is 4. The van der Waals surface area contributed by atoms with Crippen LogP contribution in [0.2, 0.25) is 0 Å². The molecule has 3 nitrogen and oxygen atoms in total. The molecule has 1 aromatic rings. The molecule has 2 atom stereocenters. The standard InChI is InChI=1S/C14H17F4NO2S/c15-12-6-4-10(5-7-12)9-22(20,21)19-13-3-1-2-11(8-13)14(16,17)18/h4-7,11,13,19H,1-3,8-9H2. The number of nitrogens with one attached hydrogen (secondary N) is 1. The quantitative estimate of drug-likeness (QED) is 0.855. The highest BCUT2D eigenvalue weighted by molar-refractivity contribution is 7.88. The van der Waals surface area contributed by atoms with Gasteiger partial charge in [-0.25, -0.2) is 17.5 Å². The maximum Gasteiger partial charge on any atom is 0.391 e. The third kappa shape index (κ3) is 4.95. The van der Waals surface area contributed by atoms with Crippen molar-refractivity contribution in [2.24, 2.45) is 5.92 Å². The molecule has 0 amide bonds. The summed E-state index contributed by atoms with van der Waals surface area (Å²) in [6.07, 6.45) is -3.74. The molecule has 22 heavy (non-hydrogen) atoms. The van der Waals surface area contributed by atoms with Crippen molar-refractivity contribution in [3.63, 3.8) is 0 Å². The zero-order valence-electron chi connectivity index (χ0n) is 11.7. The molecule has 1 fully saturated rings. The second-order valence-electron chi connectivity index (χ2n) is 5.61. The van der Waals surface area contributed by atoms with Crippen molar-refractivity contribution in [2.75, 3.05) is 0 Å². The average molecular weight is 339 g/mol. The summed E-state index contributed by atoms with van der Waals surface area (Å²) in [5.74, 6) is -2.31. The Morgan fingerprint density at radius 2 is 1.77 bits per heavy atom. The molecular weight excluding hydrogens is 322 g/mol. The van der Waals surface area contributed by atoms with E-state index >= 15 is 0 Å². The Balaban J connectivity index is 1.98. The Morgan fingerprint density at radius 1 is 1.14 bits per heavy atom. The van der Waals surface area contributed by atoms with Crippen LogP contribution in [0, 0.1) is 11.7 Å². The molecule has 0 radical (unpaired) electrons. The molecule has 0 aliphatic heterocycles. The van der Waals surface area contributed by atoms with Crippen LogP contribution in [0.25, 0.3) is 0 Å². The maximum absolute atomic E-state index is 12.8. The SMILES string of the molecule is O=S(=O)(Cc1ccc(F)cc1)NC1CCCC(C(F)(F)F)C1. The molecular formula is C14H17F4NO2S. The van der Waals surface area contributed by atoms with Crippen LogP contribution in [0.15, 0.2) is 24.3 Å². The van der Waals surface area contributed by atoms with Gasteiger partial charge in [0.1, 0.15) is 5.82 Å². The lowest BCUT2D eigenvalue weighted by molar-refractivity contribution is -0.183. The fourth-order valence-corrected chi connectivity index (χ4v) is 4.13. The van der Waals surface area contributed by atoms with Crippen LogP contribution in [0.1, 0.15) is 31.2 Å². The number of hydrogen-bond acceptors (Lipinski definition) is 2. The predicted molar refractivity (Wildman–Crippen MR) is 74.0 cm³/mol. The van der Waals surface area contributed by atoms with Gasteiger partial charge in [0, 0.05) is 6.04 Å². The van der Waals surface area contributed by atoms with E-state index in [1.165, 1.54) is 12.1 Å². The van der Waals surface area contributed by atoms with Crippen LogP contribution in [-0.2, 0) is 15.8 Å². The first-order valence-corrected chi connectivity index (χ1v) is 8.62. The van der Waals surface area contributed by atoms with E-state index in [1.807, 2.05) is 0 Å². The Bertz CT molecular complexity index is 598. The van der Waals surface area contributed by atoms with Gasteiger partial charge >= 0.3 is 6.18 Å². The lowest BCUT2D eigenvalue weighted by Crippen LogP contribution is -2.41. The number of halogens is 4. The van der Waals surface area contributed by atoms with Crippen molar-refractivity contribution >= 4 is 10.0 Å². The molecule has 1 aromatic carbocycles. The predicted octanol–water partition coefficient (Wildman–Crippen LogP) is 3.37. The molecule has 2 unspecified atom stereocenters. The molecule has 0 bridgehead atoms. The van der Waals surface area contributed by atoms with E-state index in [-0.39, 0.29) is 18.6 Å². The van der Waals surface area contributed by atoms with Crippen molar-refractivity contribution < 1.29 is 26.0 Å². The van der Waals surface area contributed by atoms with E-state index in [0.29, 0.717) is 18.4 Å². The van der Waals surface area contributed by atoms with E-state index in [9.17, 15) is 26.0 Å². The van der Waals surface area contributed by atoms with Gasteiger partial charge in [-0.15, -0.1) is 0 Å². The summed E-state index contributed by atoms with van der Waals surface area (Å²) < 4.78 is 77.3. The molecule has 2 rings (SSSR count). The molecule has 0 spiro atoms. The first kappa shape index (κ1) is 17.2. The van der Waals surface area contributed by atoms with Crippen LogP contribution in [-0.4, -0.2) is 20.6 Å². The Morgan fingerprint density at radius 3 is 2.36 bits per heavy atom. The van der Waals surface area contributed by atoms with Crippen molar-refractivity contribution in [1.29, 1.82) is 0 Å². The summed E-state index contributed by atoms with van der Waals surface area (Å²) in [6, 6.07) is 4.27. The summed E-state index contributed by atoms with van der Waals surface area (Å²) >= 11 is 0. The molecule has 124 valence electrons. The van der Waals surface area contributed by atoms with Gasteiger partial charge in [0.2, 0.25) is 10.0 Å². The first-order valence-electron chi connectivity index (χ1n) is 6.97. The molecule has 1 aliphatic carbocycles. The van der Waals surface area contributed by atoms with E-state index in [2.05, 4.69) is 4.72 Å². The number of benzene rings is 1. The fourth-order valence-electron chi connectivity index (χ4n) is 2.69. The van der Waals surface area contributed by atoms with Gasteiger partial charge < -0.3 is 0 Å². The van der Waals surface area contributed by atoms with E-state index < -0.39 is 34.0 Å². The normalized spacial score (nSPS) is 23.5. The van der Waals surface area contributed by atoms with Crippen molar-refractivity contribution in [3.8, 4) is 0 Å². The maximum atomic E-state index is 12.8. The van der Waals surface area contributed by atoms with Crippen molar-refractivity contribution in [1.82, 2.24) is 4.72 Å². The zero-order valence-corrected chi connectivity index (χ0v) is 12.6. The van der Waals surface area contributed by atoms with Gasteiger partial charge in [-0.1, -0.05) is 18.6 Å². The lowest BCUT2D eigenvalue weighted by Gasteiger charge is -2.30. The Labute approximate surface area is 126 Å². The van der Waals surface area contributed by atoms with E-state index in [0.717, 1.165) is 12.1 Å². The van der Waals surface area contributed by atoms with Crippen LogP contribution in [0.4, 0.5) is 17.6 Å². The summed E-state index contributed by atoms with van der Waals surface area (Å²) in [5.41, 5.74) is 0.386. The largest absolute Gasteiger partial charge is 0.391 e. The highest BCUT2D eigenvalue weighted by Gasteiger charge is 2.42. The van der Waals surface area contributed by atoms with Crippen LogP contribution in [0.5, 0.6) is 0 Å². The number of sulfonamides is 1. The second-order valence-corrected chi connectivity index (χ2v) is 7.36. The summed E-state index contributed by atoms with van der Waals surface area (Å²) in [5, 5.41) is 0. The molecule has 8 heteroatoms. The van der Waals surface area contributed by atoms with Gasteiger partial charge in [0.25, 0.3) is 0 Å². The van der Waals surface area contributed by atoms with E-state index in [4.69, 9.17) is 0 Å². The smallest absolute Gasteiger partial charge is 0.212 e. The first-order chi connectivity index (χ1) is 10.2. The highest BCUT2D eigenvalue weighted by atomic mass is 32.2.